The highest BCUT2D eigenvalue weighted by Gasteiger charge is 2.01. The van der Waals surface area contributed by atoms with E-state index in [4.69, 9.17) is 4.74 Å². The molecular weight excluding hydrogens is 229 g/mol. The third-order valence-electron chi connectivity index (χ3n) is 2.78. The van der Waals surface area contributed by atoms with E-state index in [2.05, 4.69) is 19.2 Å². The topological polar surface area (TPSA) is 21.3 Å². The van der Waals surface area contributed by atoms with E-state index in [9.17, 15) is 4.39 Å². The van der Waals surface area contributed by atoms with Gasteiger partial charge in [-0.1, -0.05) is 19.9 Å². The van der Waals surface area contributed by atoms with Crippen molar-refractivity contribution in [2.24, 2.45) is 0 Å². The summed E-state index contributed by atoms with van der Waals surface area (Å²) in [5.74, 6) is 0.423. The van der Waals surface area contributed by atoms with Gasteiger partial charge in [0, 0.05) is 12.1 Å². The summed E-state index contributed by atoms with van der Waals surface area (Å²) in [5.41, 5.74) is 0.984. The summed E-state index contributed by atoms with van der Waals surface area (Å²) in [5, 5.41) is 3.38. The molecule has 0 aromatic heterocycles. The molecule has 0 radical (unpaired) electrons. The van der Waals surface area contributed by atoms with Crippen LogP contribution in [0.3, 0.4) is 0 Å². The van der Waals surface area contributed by atoms with Crippen molar-refractivity contribution < 1.29 is 9.13 Å². The molecule has 0 fully saturated rings. The molecule has 0 spiro atoms. The second-order valence-corrected chi connectivity index (χ2v) is 4.93. The Labute approximate surface area is 110 Å². The Balaban J connectivity index is 2.12. The largest absolute Gasteiger partial charge is 0.493 e. The van der Waals surface area contributed by atoms with E-state index in [0.717, 1.165) is 31.4 Å². The first kappa shape index (κ1) is 15.0. The molecule has 0 aliphatic rings. The summed E-state index contributed by atoms with van der Waals surface area (Å²) < 4.78 is 18.6. The Morgan fingerprint density at radius 2 is 2.00 bits per heavy atom. The van der Waals surface area contributed by atoms with Gasteiger partial charge in [0.15, 0.2) is 0 Å². The highest BCUT2D eigenvalue weighted by atomic mass is 19.1. The third kappa shape index (κ3) is 6.01. The van der Waals surface area contributed by atoms with Gasteiger partial charge in [0.2, 0.25) is 0 Å². The second kappa shape index (κ2) is 8.09. The summed E-state index contributed by atoms with van der Waals surface area (Å²) in [4.78, 5) is 0. The molecule has 1 rings (SSSR count). The van der Waals surface area contributed by atoms with E-state index >= 15 is 0 Å². The predicted octanol–water partition coefficient (Wildman–Crippen LogP) is 3.68. The molecule has 3 heteroatoms. The van der Waals surface area contributed by atoms with E-state index in [1.807, 2.05) is 6.92 Å². The molecule has 1 N–H and O–H groups in total. The first-order valence-electron chi connectivity index (χ1n) is 6.72. The molecule has 1 aromatic rings. The smallest absolute Gasteiger partial charge is 0.126 e. The number of benzene rings is 1. The monoisotopic (exact) mass is 253 g/mol. The fraction of sp³-hybridized carbons (Fsp3) is 0.600. The third-order valence-corrected chi connectivity index (χ3v) is 2.78. The lowest BCUT2D eigenvalue weighted by atomic mass is 10.2. The fourth-order valence-corrected chi connectivity index (χ4v) is 1.71. The van der Waals surface area contributed by atoms with Gasteiger partial charge in [-0.15, -0.1) is 0 Å². The van der Waals surface area contributed by atoms with Crippen molar-refractivity contribution in [1.82, 2.24) is 5.32 Å². The van der Waals surface area contributed by atoms with Gasteiger partial charge in [0.1, 0.15) is 11.6 Å². The van der Waals surface area contributed by atoms with Crippen LogP contribution in [0.4, 0.5) is 4.39 Å². The molecule has 1 aromatic carbocycles. The minimum Gasteiger partial charge on any atom is -0.493 e. The molecule has 0 heterocycles. The standard InChI is InChI=1S/C15H24FNO/c1-12(2)17-9-5-4-6-10-18-15-11-14(16)8-7-13(15)3/h7-8,11-12,17H,4-6,9-10H2,1-3H3. The van der Waals surface area contributed by atoms with Crippen molar-refractivity contribution in [3.8, 4) is 5.75 Å². The summed E-state index contributed by atoms with van der Waals surface area (Å²) in [6, 6.07) is 5.21. The van der Waals surface area contributed by atoms with Gasteiger partial charge >= 0.3 is 0 Å². The van der Waals surface area contributed by atoms with Crippen molar-refractivity contribution in [2.75, 3.05) is 13.2 Å². The van der Waals surface area contributed by atoms with Crippen LogP contribution >= 0.6 is 0 Å². The van der Waals surface area contributed by atoms with Crippen LogP contribution in [0.15, 0.2) is 18.2 Å². The number of hydrogen-bond donors (Lipinski definition) is 1. The highest BCUT2D eigenvalue weighted by Crippen LogP contribution is 2.18. The number of halogens is 1. The number of hydrogen-bond acceptors (Lipinski definition) is 2. The van der Waals surface area contributed by atoms with Crippen LogP contribution in [0.5, 0.6) is 5.75 Å². The van der Waals surface area contributed by atoms with E-state index in [0.29, 0.717) is 18.4 Å². The average Bonchev–Trinajstić information content (AvgIpc) is 2.32. The summed E-state index contributed by atoms with van der Waals surface area (Å²) in [6.07, 6.45) is 3.30. The Bertz CT molecular complexity index is 352. The van der Waals surface area contributed by atoms with Crippen molar-refractivity contribution >= 4 is 0 Å². The second-order valence-electron chi connectivity index (χ2n) is 4.93. The lowest BCUT2D eigenvalue weighted by Crippen LogP contribution is -2.23. The van der Waals surface area contributed by atoms with Gasteiger partial charge in [-0.05, 0) is 44.4 Å². The Hall–Kier alpha value is -1.09. The molecule has 0 saturated carbocycles. The molecule has 18 heavy (non-hydrogen) atoms. The molecule has 0 atom stereocenters. The maximum Gasteiger partial charge on any atom is 0.126 e. The van der Waals surface area contributed by atoms with Gasteiger partial charge in [0.25, 0.3) is 0 Å². The molecule has 0 bridgehead atoms. The van der Waals surface area contributed by atoms with E-state index in [1.165, 1.54) is 12.1 Å². The first-order valence-corrected chi connectivity index (χ1v) is 6.72. The van der Waals surface area contributed by atoms with Crippen LogP contribution < -0.4 is 10.1 Å². The zero-order valence-electron chi connectivity index (χ0n) is 11.6. The zero-order chi connectivity index (χ0) is 13.4. The van der Waals surface area contributed by atoms with Crippen LogP contribution in [0.25, 0.3) is 0 Å². The number of aryl methyl sites for hydroxylation is 1. The van der Waals surface area contributed by atoms with Gasteiger partial charge < -0.3 is 10.1 Å². The van der Waals surface area contributed by atoms with Crippen LogP contribution in [-0.2, 0) is 0 Å². The molecule has 2 nitrogen and oxygen atoms in total. The normalized spacial score (nSPS) is 10.9. The Morgan fingerprint density at radius 3 is 2.72 bits per heavy atom. The van der Waals surface area contributed by atoms with Crippen molar-refractivity contribution in [3.05, 3.63) is 29.6 Å². The minimum atomic E-state index is -0.239. The van der Waals surface area contributed by atoms with Gasteiger partial charge in [-0.2, -0.15) is 0 Å². The van der Waals surface area contributed by atoms with Gasteiger partial charge in [-0.25, -0.2) is 4.39 Å². The maximum absolute atomic E-state index is 13.0. The molecule has 0 unspecified atom stereocenters. The van der Waals surface area contributed by atoms with E-state index in [1.54, 1.807) is 6.07 Å². The van der Waals surface area contributed by atoms with Crippen molar-refractivity contribution in [2.45, 2.75) is 46.1 Å². The van der Waals surface area contributed by atoms with Gasteiger partial charge in [0.05, 0.1) is 6.61 Å². The molecular formula is C15H24FNO. The Kier molecular flexibility index (Phi) is 6.73. The van der Waals surface area contributed by atoms with Gasteiger partial charge in [-0.3, -0.25) is 0 Å². The maximum atomic E-state index is 13.0. The first-order chi connectivity index (χ1) is 8.59. The minimum absolute atomic E-state index is 0.239. The quantitative estimate of drug-likeness (QED) is 0.714. The molecule has 0 aliphatic heterocycles. The zero-order valence-corrected chi connectivity index (χ0v) is 11.6. The Morgan fingerprint density at radius 1 is 1.22 bits per heavy atom. The number of ether oxygens (including phenoxy) is 1. The number of rotatable bonds is 8. The highest BCUT2D eigenvalue weighted by molar-refractivity contribution is 5.32. The lowest BCUT2D eigenvalue weighted by Gasteiger charge is -2.10. The predicted molar refractivity (Wildman–Crippen MR) is 73.6 cm³/mol. The van der Waals surface area contributed by atoms with E-state index < -0.39 is 0 Å². The van der Waals surface area contributed by atoms with Crippen LogP contribution in [-0.4, -0.2) is 19.2 Å². The van der Waals surface area contributed by atoms with Crippen molar-refractivity contribution in [1.29, 1.82) is 0 Å². The average molecular weight is 253 g/mol. The molecule has 0 amide bonds. The molecule has 0 saturated heterocycles. The fourth-order valence-electron chi connectivity index (χ4n) is 1.71. The van der Waals surface area contributed by atoms with Crippen LogP contribution in [0, 0.1) is 12.7 Å². The summed E-state index contributed by atoms with van der Waals surface area (Å²) in [6.45, 7) is 7.94. The van der Waals surface area contributed by atoms with E-state index in [-0.39, 0.29) is 5.82 Å². The van der Waals surface area contributed by atoms with Crippen LogP contribution in [0.2, 0.25) is 0 Å². The molecule has 102 valence electrons. The SMILES string of the molecule is Cc1ccc(F)cc1OCCCCCNC(C)C. The van der Waals surface area contributed by atoms with Crippen molar-refractivity contribution in [3.63, 3.8) is 0 Å². The van der Waals surface area contributed by atoms with Crippen LogP contribution in [0.1, 0.15) is 38.7 Å². The summed E-state index contributed by atoms with van der Waals surface area (Å²) in [7, 11) is 0. The summed E-state index contributed by atoms with van der Waals surface area (Å²) >= 11 is 0. The molecule has 0 aliphatic carbocycles. The number of unbranched alkanes of at least 4 members (excludes halogenated alkanes) is 2. The number of nitrogens with one attached hydrogen (secondary N) is 1. The lowest BCUT2D eigenvalue weighted by molar-refractivity contribution is 0.301.